The molecular formula is C27H30Cl2FN5OS. The molecule has 6 nitrogen and oxygen atoms in total. The molecule has 4 rings (SSSR count). The summed E-state index contributed by atoms with van der Waals surface area (Å²) in [5.74, 6) is 0.284. The van der Waals surface area contributed by atoms with E-state index in [4.69, 9.17) is 0 Å². The van der Waals surface area contributed by atoms with Gasteiger partial charge in [-0.25, -0.2) is 14.4 Å². The third-order valence-corrected chi connectivity index (χ3v) is 6.68. The van der Waals surface area contributed by atoms with E-state index in [0.29, 0.717) is 16.5 Å². The van der Waals surface area contributed by atoms with Crippen molar-refractivity contribution in [2.75, 3.05) is 34.8 Å². The fourth-order valence-electron chi connectivity index (χ4n) is 3.75. The molecule has 0 bridgehead atoms. The third kappa shape index (κ3) is 7.19. The Balaban J connectivity index is 0.00000241. The van der Waals surface area contributed by atoms with Gasteiger partial charge in [0.2, 0.25) is 0 Å². The molecule has 0 aliphatic carbocycles. The van der Waals surface area contributed by atoms with E-state index in [1.807, 2.05) is 54.4 Å². The molecule has 0 aliphatic heterocycles. The molecule has 0 aliphatic rings. The summed E-state index contributed by atoms with van der Waals surface area (Å²) in [6.45, 7) is 6.20. The van der Waals surface area contributed by atoms with Gasteiger partial charge in [0.25, 0.3) is 5.91 Å². The number of hydrogen-bond donors (Lipinski definition) is 0. The van der Waals surface area contributed by atoms with E-state index in [1.165, 1.54) is 23.5 Å². The molecule has 0 fully saturated rings. The van der Waals surface area contributed by atoms with Crippen molar-refractivity contribution in [2.45, 2.75) is 20.4 Å². The first-order valence-corrected chi connectivity index (χ1v) is 12.4. The average molecular weight is 563 g/mol. The lowest BCUT2D eigenvalue weighted by Gasteiger charge is -2.23. The Morgan fingerprint density at radius 3 is 2.19 bits per heavy atom. The molecule has 0 saturated carbocycles. The number of benzene rings is 2. The van der Waals surface area contributed by atoms with Crippen LogP contribution in [0.25, 0.3) is 0 Å². The molecule has 2 aromatic heterocycles. The molecule has 0 radical (unpaired) electrons. The molecule has 2 aromatic carbocycles. The normalized spacial score (nSPS) is 10.2. The van der Waals surface area contributed by atoms with Crippen LogP contribution in [0.15, 0.2) is 78.3 Å². The minimum absolute atomic E-state index is 0. The maximum atomic E-state index is 13.6. The van der Waals surface area contributed by atoms with Gasteiger partial charge in [0.1, 0.15) is 17.3 Å². The highest BCUT2D eigenvalue weighted by Crippen LogP contribution is 2.28. The molecule has 10 heteroatoms. The monoisotopic (exact) mass is 561 g/mol. The Kier molecular flexibility index (Phi) is 11.3. The lowest BCUT2D eigenvalue weighted by atomic mass is 10.2. The first kappa shape index (κ1) is 30.0. The van der Waals surface area contributed by atoms with Gasteiger partial charge in [-0.2, -0.15) is 0 Å². The summed E-state index contributed by atoms with van der Waals surface area (Å²) in [6, 6.07) is 19.7. The van der Waals surface area contributed by atoms with Crippen molar-refractivity contribution in [3.63, 3.8) is 0 Å². The molecule has 37 heavy (non-hydrogen) atoms. The van der Waals surface area contributed by atoms with E-state index in [2.05, 4.69) is 28.7 Å². The number of para-hydroxylation sites is 1. The van der Waals surface area contributed by atoms with Crippen molar-refractivity contribution in [1.82, 2.24) is 9.97 Å². The number of halogens is 3. The first-order valence-electron chi connectivity index (χ1n) is 11.5. The van der Waals surface area contributed by atoms with Crippen LogP contribution in [0.2, 0.25) is 0 Å². The number of rotatable bonds is 9. The van der Waals surface area contributed by atoms with Gasteiger partial charge in [0.15, 0.2) is 5.13 Å². The van der Waals surface area contributed by atoms with E-state index in [0.717, 1.165) is 30.2 Å². The van der Waals surface area contributed by atoms with Crippen molar-refractivity contribution in [3.8, 4) is 0 Å². The van der Waals surface area contributed by atoms with Crippen molar-refractivity contribution >= 4 is 64.4 Å². The molecule has 4 aromatic rings. The fourth-order valence-corrected chi connectivity index (χ4v) is 4.53. The molecule has 196 valence electrons. The van der Waals surface area contributed by atoms with Crippen LogP contribution in [0.3, 0.4) is 0 Å². The molecule has 0 saturated heterocycles. The molecule has 1 amide bonds. The fraction of sp³-hybridized carbons (Fsp3) is 0.222. The average Bonchev–Trinajstić information content (AvgIpc) is 3.39. The Morgan fingerprint density at radius 2 is 1.59 bits per heavy atom. The maximum absolute atomic E-state index is 13.6. The summed E-state index contributed by atoms with van der Waals surface area (Å²) in [5.41, 5.74) is 2.78. The smallest absolute Gasteiger partial charge is 0.278 e. The number of nitrogens with zero attached hydrogens (tertiary/aromatic N) is 5. The molecule has 0 atom stereocenters. The zero-order valence-electron chi connectivity index (χ0n) is 20.9. The summed E-state index contributed by atoms with van der Waals surface area (Å²) in [5, 5.41) is 2.47. The first-order chi connectivity index (χ1) is 17.0. The van der Waals surface area contributed by atoms with Gasteiger partial charge in [0, 0.05) is 43.1 Å². The standard InChI is InChI=1S/C27H28FN5OS.2ClH/c1-4-32(5-2)25-16-11-20(17-29-25)18-33(23-14-12-21(28)13-15-23)26(34)24-19-35-27(30-24)31(3)22-9-7-6-8-10-22;;/h6-17,19H,4-5,18H2,1-3H3;2*1H. The Morgan fingerprint density at radius 1 is 0.919 bits per heavy atom. The van der Waals surface area contributed by atoms with Crippen LogP contribution in [0, 0.1) is 5.82 Å². The SMILES string of the molecule is CCN(CC)c1ccc(CN(C(=O)c2csc(N(C)c3ccccc3)n2)c2ccc(F)cc2)cn1.Cl.Cl. The maximum Gasteiger partial charge on any atom is 0.278 e. The topological polar surface area (TPSA) is 52.6 Å². The van der Waals surface area contributed by atoms with E-state index in [9.17, 15) is 9.18 Å². The molecule has 0 N–H and O–H groups in total. The zero-order valence-corrected chi connectivity index (χ0v) is 23.3. The lowest BCUT2D eigenvalue weighted by molar-refractivity contribution is 0.0981. The summed E-state index contributed by atoms with van der Waals surface area (Å²) >= 11 is 1.40. The number of carbonyl (C=O) groups excluding carboxylic acids is 1. The van der Waals surface area contributed by atoms with E-state index in [-0.39, 0.29) is 43.1 Å². The molecule has 0 spiro atoms. The second-order valence-electron chi connectivity index (χ2n) is 7.97. The van der Waals surface area contributed by atoms with Gasteiger partial charge in [-0.1, -0.05) is 24.3 Å². The number of anilines is 4. The van der Waals surface area contributed by atoms with Gasteiger partial charge in [-0.3, -0.25) is 4.79 Å². The van der Waals surface area contributed by atoms with E-state index in [1.54, 1.807) is 28.6 Å². The van der Waals surface area contributed by atoms with Gasteiger partial charge in [-0.05, 0) is 61.9 Å². The Bertz CT molecular complexity index is 1250. The molecule has 2 heterocycles. The van der Waals surface area contributed by atoms with Gasteiger partial charge < -0.3 is 14.7 Å². The number of pyridine rings is 1. The summed E-state index contributed by atoms with van der Waals surface area (Å²) in [4.78, 5) is 28.5. The predicted octanol–water partition coefficient (Wildman–Crippen LogP) is 6.98. The van der Waals surface area contributed by atoms with Crippen LogP contribution < -0.4 is 14.7 Å². The lowest BCUT2D eigenvalue weighted by Crippen LogP contribution is -2.31. The van der Waals surface area contributed by atoms with Gasteiger partial charge in [0.05, 0.1) is 6.54 Å². The van der Waals surface area contributed by atoms with Gasteiger partial charge in [-0.15, -0.1) is 36.2 Å². The van der Waals surface area contributed by atoms with E-state index < -0.39 is 0 Å². The van der Waals surface area contributed by atoms with Crippen molar-refractivity contribution in [2.24, 2.45) is 0 Å². The predicted molar refractivity (Wildman–Crippen MR) is 156 cm³/mol. The third-order valence-electron chi connectivity index (χ3n) is 5.76. The number of carbonyl (C=O) groups is 1. The van der Waals surface area contributed by atoms with Gasteiger partial charge >= 0.3 is 0 Å². The van der Waals surface area contributed by atoms with Crippen LogP contribution in [-0.4, -0.2) is 36.0 Å². The summed E-state index contributed by atoms with van der Waals surface area (Å²) in [7, 11) is 1.92. The number of thiazole rings is 1. The second-order valence-corrected chi connectivity index (χ2v) is 8.81. The number of hydrogen-bond acceptors (Lipinski definition) is 6. The van der Waals surface area contributed by atoms with Crippen molar-refractivity contribution in [3.05, 3.63) is 95.4 Å². The highest BCUT2D eigenvalue weighted by Gasteiger charge is 2.22. The van der Waals surface area contributed by atoms with Crippen molar-refractivity contribution < 1.29 is 9.18 Å². The van der Waals surface area contributed by atoms with E-state index >= 15 is 0 Å². The van der Waals surface area contributed by atoms with Crippen molar-refractivity contribution in [1.29, 1.82) is 0 Å². The quantitative estimate of drug-likeness (QED) is 0.220. The molecular weight excluding hydrogens is 532 g/mol. The van der Waals surface area contributed by atoms with Crippen LogP contribution in [-0.2, 0) is 6.54 Å². The zero-order chi connectivity index (χ0) is 24.8. The van der Waals surface area contributed by atoms with Crippen LogP contribution in [0.4, 0.5) is 26.7 Å². The number of amides is 1. The second kappa shape index (κ2) is 13.9. The van der Waals surface area contributed by atoms with Crippen LogP contribution >= 0.6 is 36.2 Å². The number of aromatic nitrogens is 2. The summed E-state index contributed by atoms with van der Waals surface area (Å²) < 4.78 is 13.6. The van der Waals surface area contributed by atoms with Crippen LogP contribution in [0.1, 0.15) is 29.9 Å². The largest absolute Gasteiger partial charge is 0.357 e. The summed E-state index contributed by atoms with van der Waals surface area (Å²) in [6.07, 6.45) is 1.78. The minimum Gasteiger partial charge on any atom is -0.357 e. The Labute approximate surface area is 233 Å². The minimum atomic E-state index is -0.355. The van der Waals surface area contributed by atoms with Crippen LogP contribution in [0.5, 0.6) is 0 Å². The Hall–Kier alpha value is -3.20. The highest BCUT2D eigenvalue weighted by molar-refractivity contribution is 7.14. The highest BCUT2D eigenvalue weighted by atomic mass is 35.5. The molecule has 0 unspecified atom stereocenters.